The van der Waals surface area contributed by atoms with E-state index in [-0.39, 0.29) is 24.2 Å². The molecule has 0 spiro atoms. The Bertz CT molecular complexity index is 1580. The second-order valence-electron chi connectivity index (χ2n) is 8.33. The Morgan fingerprint density at radius 1 is 0.865 bits per heavy atom. The van der Waals surface area contributed by atoms with E-state index < -0.39 is 0 Å². The minimum absolute atomic E-state index is 0.00526. The molecule has 8 heteroatoms. The predicted molar refractivity (Wildman–Crippen MR) is 141 cm³/mol. The number of para-hydroxylation sites is 2. The van der Waals surface area contributed by atoms with Crippen LogP contribution in [0, 0.1) is 5.82 Å². The SMILES string of the molecule is COc1cccc(NC(=O)c2ccc(-c3nc4ccccc4n3CC(=O)Nc3ccc(F)cc3)cc2)c1. The van der Waals surface area contributed by atoms with Gasteiger partial charge in [0, 0.05) is 28.6 Å². The number of anilines is 2. The van der Waals surface area contributed by atoms with Crippen LogP contribution in [0.1, 0.15) is 10.4 Å². The molecule has 37 heavy (non-hydrogen) atoms. The van der Waals surface area contributed by atoms with Crippen molar-refractivity contribution in [2.75, 3.05) is 17.7 Å². The topological polar surface area (TPSA) is 85.2 Å². The predicted octanol–water partition coefficient (Wildman–Crippen LogP) is 5.74. The number of imidazole rings is 1. The summed E-state index contributed by atoms with van der Waals surface area (Å²) >= 11 is 0. The normalized spacial score (nSPS) is 10.8. The molecule has 0 bridgehead atoms. The van der Waals surface area contributed by atoms with Gasteiger partial charge in [-0.15, -0.1) is 0 Å². The summed E-state index contributed by atoms with van der Waals surface area (Å²) in [5.74, 6) is 0.338. The molecule has 0 aliphatic rings. The van der Waals surface area contributed by atoms with Crippen LogP contribution in [-0.2, 0) is 11.3 Å². The average molecular weight is 495 g/mol. The minimum atomic E-state index is -0.374. The first-order valence-corrected chi connectivity index (χ1v) is 11.6. The largest absolute Gasteiger partial charge is 0.497 e. The molecule has 5 rings (SSSR count). The van der Waals surface area contributed by atoms with Gasteiger partial charge in [-0.2, -0.15) is 0 Å². The standard InChI is InChI=1S/C29H23FN4O3/c1-37-24-6-4-5-23(17-24)32-29(36)20-11-9-19(10-12-20)28-33-25-7-2-3-8-26(25)34(28)18-27(35)31-22-15-13-21(30)14-16-22/h2-17H,18H2,1H3,(H,31,35)(H,32,36). The van der Waals surface area contributed by atoms with E-state index in [9.17, 15) is 14.0 Å². The summed E-state index contributed by atoms with van der Waals surface area (Å²) in [7, 11) is 1.57. The molecular formula is C29H23FN4O3. The fraction of sp³-hybridized carbons (Fsp3) is 0.0690. The molecule has 2 N–H and O–H groups in total. The first-order valence-electron chi connectivity index (χ1n) is 11.6. The summed E-state index contributed by atoms with van der Waals surface area (Å²) in [6.45, 7) is 0.00526. The van der Waals surface area contributed by atoms with E-state index in [1.807, 2.05) is 28.8 Å². The lowest BCUT2D eigenvalue weighted by molar-refractivity contribution is -0.116. The molecule has 5 aromatic rings. The number of amides is 2. The lowest BCUT2D eigenvalue weighted by Crippen LogP contribution is -2.19. The van der Waals surface area contributed by atoms with Crippen molar-refractivity contribution in [2.45, 2.75) is 6.54 Å². The monoisotopic (exact) mass is 494 g/mol. The first-order chi connectivity index (χ1) is 18.0. The summed E-state index contributed by atoms with van der Waals surface area (Å²) in [6, 6.07) is 27.3. The quantitative estimate of drug-likeness (QED) is 0.302. The van der Waals surface area contributed by atoms with E-state index in [0.29, 0.717) is 28.5 Å². The highest BCUT2D eigenvalue weighted by atomic mass is 19.1. The number of hydrogen-bond acceptors (Lipinski definition) is 4. The zero-order valence-electron chi connectivity index (χ0n) is 19.9. The van der Waals surface area contributed by atoms with E-state index in [2.05, 4.69) is 10.6 Å². The lowest BCUT2D eigenvalue weighted by Gasteiger charge is -2.11. The molecule has 0 fully saturated rings. The van der Waals surface area contributed by atoms with Crippen molar-refractivity contribution >= 4 is 34.2 Å². The van der Waals surface area contributed by atoms with Crippen LogP contribution in [0.4, 0.5) is 15.8 Å². The number of carbonyl (C=O) groups excluding carboxylic acids is 2. The van der Waals surface area contributed by atoms with Gasteiger partial charge >= 0.3 is 0 Å². The summed E-state index contributed by atoms with van der Waals surface area (Å²) in [5.41, 5.74) is 3.90. The molecule has 1 heterocycles. The maximum Gasteiger partial charge on any atom is 0.255 e. The Kier molecular flexibility index (Phi) is 6.63. The Hall–Kier alpha value is -4.98. The number of rotatable bonds is 7. The molecule has 4 aromatic carbocycles. The van der Waals surface area contributed by atoms with E-state index in [4.69, 9.17) is 9.72 Å². The third kappa shape index (κ3) is 5.33. The second-order valence-corrected chi connectivity index (χ2v) is 8.33. The molecule has 7 nitrogen and oxygen atoms in total. The molecule has 0 aliphatic carbocycles. The van der Waals surface area contributed by atoms with Gasteiger partial charge < -0.3 is 19.9 Å². The maximum atomic E-state index is 13.2. The fourth-order valence-electron chi connectivity index (χ4n) is 4.01. The highest BCUT2D eigenvalue weighted by molar-refractivity contribution is 6.04. The third-order valence-electron chi connectivity index (χ3n) is 5.82. The molecule has 0 unspecified atom stereocenters. The third-order valence-corrected chi connectivity index (χ3v) is 5.82. The maximum absolute atomic E-state index is 13.2. The van der Waals surface area contributed by atoms with Crippen molar-refractivity contribution in [1.82, 2.24) is 9.55 Å². The van der Waals surface area contributed by atoms with Crippen molar-refractivity contribution in [2.24, 2.45) is 0 Å². The number of benzene rings is 4. The molecule has 0 radical (unpaired) electrons. The van der Waals surface area contributed by atoms with E-state index in [0.717, 1.165) is 16.6 Å². The Morgan fingerprint density at radius 3 is 2.38 bits per heavy atom. The lowest BCUT2D eigenvalue weighted by atomic mass is 10.1. The second kappa shape index (κ2) is 10.3. The number of nitrogens with zero attached hydrogens (tertiary/aromatic N) is 2. The van der Waals surface area contributed by atoms with Gasteiger partial charge in [-0.25, -0.2) is 9.37 Å². The highest BCUT2D eigenvalue weighted by Gasteiger charge is 2.16. The van der Waals surface area contributed by atoms with Crippen LogP contribution < -0.4 is 15.4 Å². The summed E-state index contributed by atoms with van der Waals surface area (Å²) in [5, 5.41) is 5.65. The van der Waals surface area contributed by atoms with E-state index in [1.165, 1.54) is 24.3 Å². The molecule has 0 saturated heterocycles. The Balaban J connectivity index is 1.39. The number of carbonyl (C=O) groups is 2. The van der Waals surface area contributed by atoms with Gasteiger partial charge in [0.2, 0.25) is 5.91 Å². The van der Waals surface area contributed by atoms with E-state index in [1.54, 1.807) is 55.6 Å². The van der Waals surface area contributed by atoms with Crippen molar-refractivity contribution in [3.8, 4) is 17.1 Å². The van der Waals surface area contributed by atoms with Gasteiger partial charge in [-0.3, -0.25) is 9.59 Å². The number of halogens is 1. The van der Waals surface area contributed by atoms with Crippen LogP contribution >= 0.6 is 0 Å². The number of methoxy groups -OCH3 is 1. The molecule has 2 amide bonds. The molecule has 0 saturated carbocycles. The van der Waals surface area contributed by atoms with Crippen LogP contribution in [0.25, 0.3) is 22.4 Å². The van der Waals surface area contributed by atoms with Crippen LogP contribution in [0.2, 0.25) is 0 Å². The van der Waals surface area contributed by atoms with Crippen LogP contribution in [0.5, 0.6) is 5.75 Å². The summed E-state index contributed by atoms with van der Waals surface area (Å²) in [4.78, 5) is 30.3. The van der Waals surface area contributed by atoms with Gasteiger partial charge in [0.1, 0.15) is 23.9 Å². The number of ether oxygens (including phenoxy) is 1. The minimum Gasteiger partial charge on any atom is -0.497 e. The van der Waals surface area contributed by atoms with Gasteiger partial charge in [0.25, 0.3) is 5.91 Å². The van der Waals surface area contributed by atoms with E-state index >= 15 is 0 Å². The number of aromatic nitrogens is 2. The Morgan fingerprint density at radius 2 is 1.62 bits per heavy atom. The molecular weight excluding hydrogens is 471 g/mol. The van der Waals surface area contributed by atoms with Crippen LogP contribution in [-0.4, -0.2) is 28.5 Å². The first kappa shape index (κ1) is 23.7. The smallest absolute Gasteiger partial charge is 0.255 e. The average Bonchev–Trinajstić information content (AvgIpc) is 3.28. The van der Waals surface area contributed by atoms with Gasteiger partial charge in [-0.05, 0) is 60.7 Å². The highest BCUT2D eigenvalue weighted by Crippen LogP contribution is 2.26. The van der Waals surface area contributed by atoms with Crippen molar-refractivity contribution in [1.29, 1.82) is 0 Å². The molecule has 0 atom stereocenters. The van der Waals surface area contributed by atoms with Crippen molar-refractivity contribution in [3.05, 3.63) is 108 Å². The van der Waals surface area contributed by atoms with Gasteiger partial charge in [0.15, 0.2) is 0 Å². The number of fused-ring (bicyclic) bond motifs is 1. The molecule has 0 aliphatic heterocycles. The van der Waals surface area contributed by atoms with Crippen molar-refractivity contribution in [3.63, 3.8) is 0 Å². The Labute approximate surface area is 212 Å². The van der Waals surface area contributed by atoms with Gasteiger partial charge in [0.05, 0.1) is 18.1 Å². The molecule has 1 aromatic heterocycles. The number of nitrogens with one attached hydrogen (secondary N) is 2. The van der Waals surface area contributed by atoms with Crippen LogP contribution in [0.3, 0.4) is 0 Å². The van der Waals surface area contributed by atoms with Crippen LogP contribution in [0.15, 0.2) is 97.1 Å². The zero-order chi connectivity index (χ0) is 25.8. The summed E-state index contributed by atoms with van der Waals surface area (Å²) in [6.07, 6.45) is 0. The summed E-state index contributed by atoms with van der Waals surface area (Å²) < 4.78 is 20.2. The number of hydrogen-bond donors (Lipinski definition) is 2. The fourth-order valence-corrected chi connectivity index (χ4v) is 4.01. The zero-order valence-corrected chi connectivity index (χ0v) is 19.9. The molecule has 184 valence electrons. The van der Waals surface area contributed by atoms with Crippen molar-refractivity contribution < 1.29 is 18.7 Å². The van der Waals surface area contributed by atoms with Gasteiger partial charge in [-0.1, -0.05) is 30.3 Å².